The first-order valence-corrected chi connectivity index (χ1v) is 9.20. The van der Waals surface area contributed by atoms with E-state index in [-0.39, 0.29) is 0 Å². The third-order valence-electron chi connectivity index (χ3n) is 3.70. The van der Waals surface area contributed by atoms with Gasteiger partial charge in [-0.15, -0.1) is 0 Å². The number of ether oxygens (including phenoxy) is 1. The molecule has 0 saturated carbocycles. The van der Waals surface area contributed by atoms with E-state index in [0.29, 0.717) is 0 Å². The molecule has 20 heavy (non-hydrogen) atoms. The molecule has 2 nitrogen and oxygen atoms in total. The Morgan fingerprint density at radius 3 is 1.70 bits per heavy atom. The molecule has 1 N–H and O–H groups in total. The second kappa shape index (κ2) is 18.9. The number of unbranched alkanes of at least 4 members (excludes halogenated alkanes) is 9. The van der Waals surface area contributed by atoms with Crippen LogP contribution in [0.4, 0.5) is 0 Å². The molecule has 0 bridgehead atoms. The summed E-state index contributed by atoms with van der Waals surface area (Å²) in [6.45, 7) is 8.57. The van der Waals surface area contributed by atoms with Gasteiger partial charge in [-0.3, -0.25) is 0 Å². The van der Waals surface area contributed by atoms with Gasteiger partial charge in [0.15, 0.2) is 0 Å². The van der Waals surface area contributed by atoms with Crippen molar-refractivity contribution >= 4 is 0 Å². The van der Waals surface area contributed by atoms with Crippen LogP contribution < -0.4 is 5.32 Å². The summed E-state index contributed by atoms with van der Waals surface area (Å²) < 4.78 is 5.45. The first-order valence-electron chi connectivity index (χ1n) is 9.20. The summed E-state index contributed by atoms with van der Waals surface area (Å²) in [7, 11) is 0. The van der Waals surface area contributed by atoms with Crippen LogP contribution in [0.15, 0.2) is 0 Å². The summed E-state index contributed by atoms with van der Waals surface area (Å²) in [5.41, 5.74) is 0. The molecule has 0 radical (unpaired) electrons. The van der Waals surface area contributed by atoms with Crippen molar-refractivity contribution in [2.24, 2.45) is 0 Å². The second-order valence-corrected chi connectivity index (χ2v) is 5.90. The molecular formula is C18H39NO. The maximum Gasteiger partial charge on any atom is 0.0478 e. The fraction of sp³-hybridized carbons (Fsp3) is 1.00. The third kappa shape index (κ3) is 17.9. The zero-order chi connectivity index (χ0) is 14.7. The lowest BCUT2D eigenvalue weighted by molar-refractivity contribution is 0.132. The van der Waals surface area contributed by atoms with Crippen molar-refractivity contribution in [2.45, 2.75) is 90.9 Å². The van der Waals surface area contributed by atoms with E-state index in [9.17, 15) is 0 Å². The minimum atomic E-state index is 0.915. The van der Waals surface area contributed by atoms with Gasteiger partial charge in [-0.05, 0) is 32.4 Å². The second-order valence-electron chi connectivity index (χ2n) is 5.90. The average molecular weight is 286 g/mol. The topological polar surface area (TPSA) is 21.3 Å². The van der Waals surface area contributed by atoms with Crippen LogP contribution in [-0.2, 0) is 4.74 Å². The summed E-state index contributed by atoms with van der Waals surface area (Å²) in [6, 6.07) is 0. The lowest BCUT2D eigenvalue weighted by Crippen LogP contribution is -2.18. The molecular weight excluding hydrogens is 246 g/mol. The van der Waals surface area contributed by atoms with Crippen molar-refractivity contribution in [1.29, 1.82) is 0 Å². The summed E-state index contributed by atoms with van der Waals surface area (Å²) in [4.78, 5) is 0. The lowest BCUT2D eigenvalue weighted by Gasteiger charge is -2.05. The zero-order valence-corrected chi connectivity index (χ0v) is 14.2. The number of hydrogen-bond acceptors (Lipinski definition) is 2. The van der Waals surface area contributed by atoms with Crippen molar-refractivity contribution in [1.82, 2.24) is 5.32 Å². The molecule has 0 aromatic heterocycles. The largest absolute Gasteiger partial charge is 0.381 e. The van der Waals surface area contributed by atoms with E-state index in [2.05, 4.69) is 19.2 Å². The molecule has 0 aliphatic rings. The molecule has 0 fully saturated rings. The molecule has 2 heteroatoms. The standard InChI is InChI=1S/C18H39NO/c1-3-5-6-7-8-9-10-11-12-13-15-19-16-14-18-20-17-4-2/h19H,3-18H2,1-2H3. The van der Waals surface area contributed by atoms with Gasteiger partial charge in [0.25, 0.3) is 0 Å². The Bertz CT molecular complexity index is 143. The maximum atomic E-state index is 5.45. The van der Waals surface area contributed by atoms with E-state index < -0.39 is 0 Å². The highest BCUT2D eigenvalue weighted by molar-refractivity contribution is 4.51. The van der Waals surface area contributed by atoms with Crippen molar-refractivity contribution in [3.05, 3.63) is 0 Å². The van der Waals surface area contributed by atoms with Crippen LogP contribution in [0.25, 0.3) is 0 Å². The minimum Gasteiger partial charge on any atom is -0.381 e. The van der Waals surface area contributed by atoms with Gasteiger partial charge >= 0.3 is 0 Å². The smallest absolute Gasteiger partial charge is 0.0478 e. The normalized spacial score (nSPS) is 11.1. The lowest BCUT2D eigenvalue weighted by atomic mass is 10.1. The zero-order valence-electron chi connectivity index (χ0n) is 14.2. The van der Waals surface area contributed by atoms with E-state index >= 15 is 0 Å². The van der Waals surface area contributed by atoms with Gasteiger partial charge in [-0.1, -0.05) is 71.6 Å². The molecule has 0 aromatic rings. The molecule has 0 saturated heterocycles. The number of nitrogens with one attached hydrogen (secondary N) is 1. The van der Waals surface area contributed by atoms with Gasteiger partial charge in [0.05, 0.1) is 0 Å². The molecule has 0 amide bonds. The summed E-state index contributed by atoms with van der Waals surface area (Å²) in [5, 5.41) is 3.51. The predicted octanol–water partition coefficient (Wildman–Crippen LogP) is 5.31. The van der Waals surface area contributed by atoms with Gasteiger partial charge in [-0.2, -0.15) is 0 Å². The molecule has 0 spiro atoms. The Morgan fingerprint density at radius 1 is 0.550 bits per heavy atom. The highest BCUT2D eigenvalue weighted by Crippen LogP contribution is 2.10. The fourth-order valence-corrected chi connectivity index (χ4v) is 2.41. The third-order valence-corrected chi connectivity index (χ3v) is 3.70. The molecule has 0 aliphatic heterocycles. The van der Waals surface area contributed by atoms with Gasteiger partial charge in [0, 0.05) is 13.2 Å². The van der Waals surface area contributed by atoms with Crippen LogP contribution in [0.2, 0.25) is 0 Å². The van der Waals surface area contributed by atoms with Crippen LogP contribution in [0.1, 0.15) is 90.9 Å². The van der Waals surface area contributed by atoms with Gasteiger partial charge in [0.2, 0.25) is 0 Å². The van der Waals surface area contributed by atoms with E-state index in [0.717, 1.165) is 32.6 Å². The fourth-order valence-electron chi connectivity index (χ4n) is 2.41. The van der Waals surface area contributed by atoms with Crippen LogP contribution in [0.5, 0.6) is 0 Å². The van der Waals surface area contributed by atoms with E-state index in [1.807, 2.05) is 0 Å². The summed E-state index contributed by atoms with van der Waals surface area (Å²) in [5.74, 6) is 0. The first-order chi connectivity index (χ1) is 9.91. The molecule has 0 aromatic carbocycles. The highest BCUT2D eigenvalue weighted by atomic mass is 16.5. The van der Waals surface area contributed by atoms with Gasteiger partial charge < -0.3 is 10.1 Å². The summed E-state index contributed by atoms with van der Waals surface area (Å²) >= 11 is 0. The van der Waals surface area contributed by atoms with Crippen molar-refractivity contribution in [3.63, 3.8) is 0 Å². The number of hydrogen-bond donors (Lipinski definition) is 1. The van der Waals surface area contributed by atoms with Crippen molar-refractivity contribution < 1.29 is 4.74 Å². The molecule has 122 valence electrons. The van der Waals surface area contributed by atoms with Crippen LogP contribution in [0.3, 0.4) is 0 Å². The Morgan fingerprint density at radius 2 is 1.10 bits per heavy atom. The van der Waals surface area contributed by atoms with E-state index in [4.69, 9.17) is 4.74 Å². The Kier molecular flexibility index (Phi) is 18.8. The monoisotopic (exact) mass is 285 g/mol. The Labute approximate surface area is 128 Å². The van der Waals surface area contributed by atoms with Gasteiger partial charge in [0.1, 0.15) is 0 Å². The van der Waals surface area contributed by atoms with Crippen LogP contribution in [0, 0.1) is 0 Å². The van der Waals surface area contributed by atoms with Crippen LogP contribution >= 0.6 is 0 Å². The minimum absolute atomic E-state index is 0.915. The molecule has 0 unspecified atom stereocenters. The molecule has 0 atom stereocenters. The molecule has 0 rings (SSSR count). The highest BCUT2D eigenvalue weighted by Gasteiger charge is 1.93. The quantitative estimate of drug-likeness (QED) is 0.365. The van der Waals surface area contributed by atoms with Crippen molar-refractivity contribution in [3.8, 4) is 0 Å². The Hall–Kier alpha value is -0.0800. The Balaban J connectivity index is 2.89. The summed E-state index contributed by atoms with van der Waals surface area (Å²) in [6.07, 6.45) is 16.5. The van der Waals surface area contributed by atoms with Crippen LogP contribution in [-0.4, -0.2) is 26.3 Å². The van der Waals surface area contributed by atoms with E-state index in [1.54, 1.807) is 0 Å². The first kappa shape index (κ1) is 19.9. The maximum absolute atomic E-state index is 5.45. The molecule has 0 aliphatic carbocycles. The molecule has 0 heterocycles. The average Bonchev–Trinajstić information content (AvgIpc) is 2.47. The van der Waals surface area contributed by atoms with Gasteiger partial charge in [-0.25, -0.2) is 0 Å². The SMILES string of the molecule is CCCCCCCCCCCCNCCCOCCC. The predicted molar refractivity (Wildman–Crippen MR) is 90.4 cm³/mol. The number of rotatable bonds is 17. The van der Waals surface area contributed by atoms with Crippen molar-refractivity contribution in [2.75, 3.05) is 26.3 Å². The van der Waals surface area contributed by atoms with E-state index in [1.165, 1.54) is 70.8 Å².